The van der Waals surface area contributed by atoms with Crippen molar-refractivity contribution in [3.8, 4) is 0 Å². The van der Waals surface area contributed by atoms with Crippen LogP contribution in [0.2, 0.25) is 0 Å². The van der Waals surface area contributed by atoms with Gasteiger partial charge in [-0.3, -0.25) is 0 Å². The lowest BCUT2D eigenvalue weighted by Crippen LogP contribution is -2.54. The van der Waals surface area contributed by atoms with Gasteiger partial charge < -0.3 is 11.1 Å². The number of benzene rings is 1. The second kappa shape index (κ2) is 5.80. The van der Waals surface area contributed by atoms with Crippen molar-refractivity contribution in [1.29, 1.82) is 0 Å². The average molecular weight is 329 g/mol. The molecular weight excluding hydrogens is 307 g/mol. The average Bonchev–Trinajstić information content (AvgIpc) is 2.38. The number of rotatable bonds is 3. The Hall–Kier alpha value is -0.610. The summed E-state index contributed by atoms with van der Waals surface area (Å²) in [5.41, 5.74) is 6.91. The van der Waals surface area contributed by atoms with Gasteiger partial charge in [0.15, 0.2) is 0 Å². The molecule has 0 spiro atoms. The Kier molecular flexibility index (Phi) is 4.51. The first kappa shape index (κ1) is 14.8. The van der Waals surface area contributed by atoms with Crippen LogP contribution in [0.3, 0.4) is 0 Å². The summed E-state index contributed by atoms with van der Waals surface area (Å²) in [7, 11) is 0. The van der Waals surface area contributed by atoms with Crippen LogP contribution in [-0.2, 0) is 0 Å². The molecule has 0 amide bonds. The van der Waals surface area contributed by atoms with Crippen LogP contribution < -0.4 is 11.1 Å². The molecule has 4 heteroatoms. The molecule has 1 aliphatic carbocycles. The highest BCUT2D eigenvalue weighted by Crippen LogP contribution is 2.39. The van der Waals surface area contributed by atoms with Gasteiger partial charge in [-0.05, 0) is 58.8 Å². The van der Waals surface area contributed by atoms with Crippen molar-refractivity contribution in [2.24, 2.45) is 17.6 Å². The third kappa shape index (κ3) is 3.11. The standard InChI is InChI=1S/C15H22BrFN2/c1-10-3-4-11(2)15(8-10,9-18)19-12-5-6-14(17)13(16)7-12/h5-7,10-11,19H,3-4,8-9,18H2,1-2H3. The number of anilines is 1. The largest absolute Gasteiger partial charge is 0.378 e. The lowest BCUT2D eigenvalue weighted by atomic mass is 9.69. The fourth-order valence-corrected chi connectivity index (χ4v) is 3.49. The van der Waals surface area contributed by atoms with E-state index in [1.165, 1.54) is 18.9 Å². The molecule has 0 aromatic heterocycles. The summed E-state index contributed by atoms with van der Waals surface area (Å²) in [6.45, 7) is 5.14. The van der Waals surface area contributed by atoms with Crippen molar-refractivity contribution in [3.63, 3.8) is 0 Å². The Morgan fingerprint density at radius 2 is 2.16 bits per heavy atom. The minimum Gasteiger partial charge on any atom is -0.378 e. The van der Waals surface area contributed by atoms with E-state index in [-0.39, 0.29) is 11.4 Å². The number of nitrogens with two attached hydrogens (primary N) is 1. The monoisotopic (exact) mass is 328 g/mol. The maximum atomic E-state index is 13.3. The summed E-state index contributed by atoms with van der Waals surface area (Å²) in [4.78, 5) is 0. The van der Waals surface area contributed by atoms with Gasteiger partial charge in [0.05, 0.1) is 10.0 Å². The molecule has 19 heavy (non-hydrogen) atoms. The van der Waals surface area contributed by atoms with Gasteiger partial charge in [0.2, 0.25) is 0 Å². The number of hydrogen-bond acceptors (Lipinski definition) is 2. The van der Waals surface area contributed by atoms with Gasteiger partial charge in [-0.25, -0.2) is 4.39 Å². The van der Waals surface area contributed by atoms with Crippen molar-refractivity contribution in [2.45, 2.75) is 38.6 Å². The van der Waals surface area contributed by atoms with Crippen LogP contribution in [0.1, 0.15) is 33.1 Å². The first-order valence-electron chi connectivity index (χ1n) is 6.90. The summed E-state index contributed by atoms with van der Waals surface area (Å²) < 4.78 is 13.8. The van der Waals surface area contributed by atoms with Gasteiger partial charge in [-0.2, -0.15) is 0 Å². The Balaban J connectivity index is 2.23. The van der Waals surface area contributed by atoms with E-state index in [4.69, 9.17) is 5.73 Å². The molecule has 1 aromatic rings. The number of hydrogen-bond donors (Lipinski definition) is 2. The summed E-state index contributed by atoms with van der Waals surface area (Å²) in [6.07, 6.45) is 3.52. The smallest absolute Gasteiger partial charge is 0.137 e. The molecule has 2 rings (SSSR count). The maximum absolute atomic E-state index is 13.3. The highest BCUT2D eigenvalue weighted by Gasteiger charge is 2.39. The van der Waals surface area contributed by atoms with Gasteiger partial charge in [0, 0.05) is 12.2 Å². The minimum atomic E-state index is -0.239. The third-order valence-corrected chi connectivity index (χ3v) is 5.03. The predicted octanol–water partition coefficient (Wildman–Crippen LogP) is 4.15. The van der Waals surface area contributed by atoms with E-state index < -0.39 is 0 Å². The van der Waals surface area contributed by atoms with E-state index in [0.29, 0.717) is 22.9 Å². The molecule has 106 valence electrons. The molecule has 0 bridgehead atoms. The van der Waals surface area contributed by atoms with E-state index in [2.05, 4.69) is 35.1 Å². The fourth-order valence-electron chi connectivity index (χ4n) is 3.11. The Morgan fingerprint density at radius 1 is 1.42 bits per heavy atom. The Labute approximate surface area is 123 Å². The molecule has 2 nitrogen and oxygen atoms in total. The zero-order valence-electron chi connectivity index (χ0n) is 11.5. The van der Waals surface area contributed by atoms with Gasteiger partial charge in [-0.1, -0.05) is 20.3 Å². The van der Waals surface area contributed by atoms with Gasteiger partial charge >= 0.3 is 0 Å². The molecule has 0 radical (unpaired) electrons. The van der Waals surface area contributed by atoms with E-state index in [0.717, 1.165) is 12.1 Å². The van der Waals surface area contributed by atoms with E-state index in [1.807, 2.05) is 0 Å². The summed E-state index contributed by atoms with van der Waals surface area (Å²) in [6, 6.07) is 5.05. The molecule has 1 aromatic carbocycles. The highest BCUT2D eigenvalue weighted by molar-refractivity contribution is 9.10. The van der Waals surface area contributed by atoms with Crippen LogP contribution in [0.5, 0.6) is 0 Å². The normalized spacial score (nSPS) is 31.2. The molecule has 1 aliphatic rings. The SMILES string of the molecule is CC1CCC(C)C(CN)(Nc2ccc(F)c(Br)c2)C1. The zero-order chi connectivity index (χ0) is 14.0. The topological polar surface area (TPSA) is 38.0 Å². The maximum Gasteiger partial charge on any atom is 0.137 e. The predicted molar refractivity (Wildman–Crippen MR) is 81.7 cm³/mol. The number of halogens is 2. The molecule has 1 saturated carbocycles. The van der Waals surface area contributed by atoms with Crippen LogP contribution in [0.25, 0.3) is 0 Å². The Morgan fingerprint density at radius 3 is 2.79 bits per heavy atom. The highest BCUT2D eigenvalue weighted by atomic mass is 79.9. The molecule has 1 fully saturated rings. The first-order chi connectivity index (χ1) is 8.97. The molecule has 0 heterocycles. The lowest BCUT2D eigenvalue weighted by Gasteiger charge is -2.45. The quantitative estimate of drug-likeness (QED) is 0.874. The summed E-state index contributed by atoms with van der Waals surface area (Å²) >= 11 is 3.23. The molecule has 3 atom stereocenters. The van der Waals surface area contributed by atoms with Gasteiger partial charge in [0.25, 0.3) is 0 Å². The summed E-state index contributed by atoms with van der Waals surface area (Å²) in [5, 5.41) is 3.57. The third-order valence-electron chi connectivity index (χ3n) is 4.43. The lowest BCUT2D eigenvalue weighted by molar-refractivity contribution is 0.188. The van der Waals surface area contributed by atoms with Crippen LogP contribution in [0.4, 0.5) is 10.1 Å². The molecular formula is C15H22BrFN2. The Bertz CT molecular complexity index is 452. The molecule has 0 saturated heterocycles. The van der Waals surface area contributed by atoms with Crippen molar-refractivity contribution in [2.75, 3.05) is 11.9 Å². The van der Waals surface area contributed by atoms with Crippen LogP contribution in [-0.4, -0.2) is 12.1 Å². The van der Waals surface area contributed by atoms with Crippen LogP contribution in [0.15, 0.2) is 22.7 Å². The minimum absolute atomic E-state index is 0.0745. The van der Waals surface area contributed by atoms with E-state index in [9.17, 15) is 4.39 Å². The van der Waals surface area contributed by atoms with Gasteiger partial charge in [-0.15, -0.1) is 0 Å². The second-order valence-electron chi connectivity index (χ2n) is 5.90. The second-order valence-corrected chi connectivity index (χ2v) is 6.76. The summed E-state index contributed by atoms with van der Waals surface area (Å²) in [5.74, 6) is 0.964. The van der Waals surface area contributed by atoms with E-state index >= 15 is 0 Å². The van der Waals surface area contributed by atoms with Crippen molar-refractivity contribution in [1.82, 2.24) is 0 Å². The molecule has 3 N–H and O–H groups in total. The van der Waals surface area contributed by atoms with Crippen molar-refractivity contribution in [3.05, 3.63) is 28.5 Å². The molecule has 0 aliphatic heterocycles. The first-order valence-corrected chi connectivity index (χ1v) is 7.69. The zero-order valence-corrected chi connectivity index (χ0v) is 13.1. The number of nitrogens with one attached hydrogen (secondary N) is 1. The van der Waals surface area contributed by atoms with Crippen LogP contribution in [0, 0.1) is 17.7 Å². The van der Waals surface area contributed by atoms with E-state index in [1.54, 1.807) is 12.1 Å². The fraction of sp³-hybridized carbons (Fsp3) is 0.600. The van der Waals surface area contributed by atoms with Crippen LogP contribution >= 0.6 is 15.9 Å². The molecule has 3 unspecified atom stereocenters. The van der Waals surface area contributed by atoms with Gasteiger partial charge in [0.1, 0.15) is 5.82 Å². The van der Waals surface area contributed by atoms with Crippen molar-refractivity contribution >= 4 is 21.6 Å². The van der Waals surface area contributed by atoms with Crippen molar-refractivity contribution < 1.29 is 4.39 Å².